The summed E-state index contributed by atoms with van der Waals surface area (Å²) in [6, 6.07) is 5.45. The molecule has 2 amide bonds. The number of hydrogen-bond acceptors (Lipinski definition) is 12. The maximum absolute atomic E-state index is 12.0. The highest BCUT2D eigenvalue weighted by Gasteiger charge is 2.29. The van der Waals surface area contributed by atoms with Gasteiger partial charge in [-0.15, -0.1) is 0 Å². The zero-order chi connectivity index (χ0) is 37.1. The van der Waals surface area contributed by atoms with E-state index in [9.17, 15) is 29.8 Å². The first kappa shape index (κ1) is 41.4. The number of nitrogens with one attached hydrogen (secondary N) is 1. The predicted molar refractivity (Wildman–Crippen MR) is 186 cm³/mol. The van der Waals surface area contributed by atoms with E-state index in [1.165, 1.54) is 24.3 Å². The summed E-state index contributed by atoms with van der Waals surface area (Å²) in [5.74, 6) is 0.156. The van der Waals surface area contributed by atoms with Gasteiger partial charge < -0.3 is 30.3 Å². The number of carbonyl (C=O) groups is 2. The summed E-state index contributed by atoms with van der Waals surface area (Å²) in [7, 11) is 0. The van der Waals surface area contributed by atoms with E-state index >= 15 is 0 Å². The van der Waals surface area contributed by atoms with Crippen LogP contribution in [0.5, 0.6) is 0 Å². The summed E-state index contributed by atoms with van der Waals surface area (Å²) in [6.45, 7) is 13.6. The largest absolute Gasteiger partial charge is 0.444 e. The molecule has 2 aromatic heterocycles. The molecule has 2 saturated heterocycles. The van der Waals surface area contributed by atoms with Gasteiger partial charge in [0.25, 0.3) is 0 Å². The smallest absolute Gasteiger partial charge is 0.410 e. The molecule has 272 valence electrons. The summed E-state index contributed by atoms with van der Waals surface area (Å²) in [5.41, 5.74) is 4.45. The van der Waals surface area contributed by atoms with E-state index < -0.39 is 21.0 Å². The molecule has 2 fully saturated rings. The van der Waals surface area contributed by atoms with Crippen molar-refractivity contribution in [1.82, 2.24) is 19.8 Å². The van der Waals surface area contributed by atoms with E-state index in [0.717, 1.165) is 25.9 Å². The number of halogens is 3. The van der Waals surface area contributed by atoms with Gasteiger partial charge >= 0.3 is 23.6 Å². The Kier molecular flexibility index (Phi) is 15.5. The normalized spacial score (nSPS) is 15.6. The second-order valence-corrected chi connectivity index (χ2v) is 14.3. The summed E-state index contributed by atoms with van der Waals surface area (Å²) < 4.78 is 10.6. The van der Waals surface area contributed by atoms with E-state index in [0.29, 0.717) is 25.9 Å². The van der Waals surface area contributed by atoms with Gasteiger partial charge in [0.15, 0.2) is 0 Å². The van der Waals surface area contributed by atoms with Crippen LogP contribution in [0.25, 0.3) is 0 Å². The quantitative estimate of drug-likeness (QED) is 0.182. The fourth-order valence-corrected chi connectivity index (χ4v) is 4.92. The Balaban J connectivity index is 0.000000282. The lowest BCUT2D eigenvalue weighted by atomic mass is 10.1. The monoisotopic (exact) mass is 748 g/mol. The number of nitrogens with zero attached hydrogens (tertiary/aromatic N) is 6. The number of nitro groups is 2. The van der Waals surface area contributed by atoms with Gasteiger partial charge in [-0.25, -0.2) is 19.6 Å². The molecule has 0 atom stereocenters. The third kappa shape index (κ3) is 15.1. The number of nitrogens with two attached hydrogens (primary N) is 1. The first-order valence-corrected chi connectivity index (χ1v) is 16.5. The fraction of sp³-hybridized carbons (Fsp3) is 0.600. The van der Waals surface area contributed by atoms with E-state index in [-0.39, 0.29) is 56.9 Å². The first-order chi connectivity index (χ1) is 22.6. The molecule has 19 heteroatoms. The van der Waals surface area contributed by atoms with Crippen LogP contribution in [0.3, 0.4) is 0 Å². The Labute approximate surface area is 299 Å². The molecular formula is C30H43Cl3N8O8. The first-order valence-electron chi connectivity index (χ1n) is 15.4. The van der Waals surface area contributed by atoms with Crippen LogP contribution in [-0.4, -0.2) is 91.3 Å². The number of pyridine rings is 2. The molecule has 0 radical (unpaired) electrons. The lowest BCUT2D eigenvalue weighted by Crippen LogP contribution is -2.44. The van der Waals surface area contributed by atoms with Crippen molar-refractivity contribution < 1.29 is 28.9 Å². The van der Waals surface area contributed by atoms with Crippen LogP contribution in [0.1, 0.15) is 67.2 Å². The number of likely N-dealkylation sites (tertiary alicyclic amines) is 2. The number of hydrogen-bond donors (Lipinski definition) is 2. The SMILES string of the molecule is CC(C)(C)OC(=O)N1CCC(N)CC1.CC(C)(C)OC(=O)N1CCC(Nc2nc(Cl)ccc2[N+](=O)[O-])CC1.O=[N+]([O-])c1ccc(Cl)nc1Cl. The highest BCUT2D eigenvalue weighted by molar-refractivity contribution is 6.33. The molecule has 4 heterocycles. The van der Waals surface area contributed by atoms with Gasteiger partial charge in [0, 0.05) is 50.4 Å². The maximum Gasteiger partial charge on any atom is 0.410 e. The van der Waals surface area contributed by atoms with Gasteiger partial charge in [0.1, 0.15) is 21.5 Å². The van der Waals surface area contributed by atoms with Crippen LogP contribution in [-0.2, 0) is 9.47 Å². The predicted octanol–water partition coefficient (Wildman–Crippen LogP) is 7.10. The minimum atomic E-state index is -0.619. The Hall–Kier alpha value is -3.73. The highest BCUT2D eigenvalue weighted by atomic mass is 35.5. The van der Waals surface area contributed by atoms with Gasteiger partial charge in [-0.1, -0.05) is 34.8 Å². The molecular weight excluding hydrogens is 707 g/mol. The van der Waals surface area contributed by atoms with Gasteiger partial charge in [0.05, 0.1) is 9.85 Å². The topological polar surface area (TPSA) is 209 Å². The molecule has 2 aliphatic heterocycles. The molecule has 0 spiro atoms. The Morgan fingerprint density at radius 1 is 0.776 bits per heavy atom. The number of rotatable bonds is 4. The van der Waals surface area contributed by atoms with Crippen molar-refractivity contribution in [1.29, 1.82) is 0 Å². The standard InChI is InChI=1S/C15H21ClN4O4.C10H20N2O2.C5H2Cl2N2O2/c1-15(2,3)24-14(21)19-8-6-10(7-9-19)17-13-11(20(22)23)4-5-12(16)18-13;1-10(2,3)14-9(13)12-6-4-8(11)5-7-12;6-4-2-1-3(9(10)11)5(7)8-4/h4-5,10H,6-9H2,1-3H3,(H,17,18);8H,4-7,11H2,1-3H3;1-2H. The summed E-state index contributed by atoms with van der Waals surface area (Å²) >= 11 is 16.6. The lowest BCUT2D eigenvalue weighted by Gasteiger charge is -2.33. The number of aromatic nitrogens is 2. The summed E-state index contributed by atoms with van der Waals surface area (Å²) in [4.78, 5) is 54.6. The van der Waals surface area contributed by atoms with E-state index in [1.807, 2.05) is 41.5 Å². The molecule has 0 aliphatic carbocycles. The van der Waals surface area contributed by atoms with Gasteiger partial charge in [0.2, 0.25) is 11.0 Å². The number of amides is 2. The zero-order valence-electron chi connectivity index (χ0n) is 28.3. The van der Waals surface area contributed by atoms with E-state index in [4.69, 9.17) is 50.0 Å². The molecule has 0 aromatic carbocycles. The number of piperidine rings is 2. The Morgan fingerprint density at radius 2 is 1.18 bits per heavy atom. The van der Waals surface area contributed by atoms with Crippen molar-refractivity contribution in [2.75, 3.05) is 31.5 Å². The second-order valence-electron chi connectivity index (χ2n) is 13.2. The van der Waals surface area contributed by atoms with Crippen molar-refractivity contribution in [2.45, 2.75) is 90.5 Å². The highest BCUT2D eigenvalue weighted by Crippen LogP contribution is 2.27. The van der Waals surface area contributed by atoms with Crippen molar-refractivity contribution in [3.63, 3.8) is 0 Å². The molecule has 0 bridgehead atoms. The third-order valence-corrected chi connectivity index (χ3v) is 7.41. The molecule has 3 N–H and O–H groups in total. The minimum Gasteiger partial charge on any atom is -0.444 e. The van der Waals surface area contributed by atoms with Gasteiger partial charge in [-0.2, -0.15) is 0 Å². The number of anilines is 1. The Morgan fingerprint density at radius 3 is 1.59 bits per heavy atom. The van der Waals surface area contributed by atoms with Crippen LogP contribution < -0.4 is 11.1 Å². The second kappa shape index (κ2) is 18.3. The van der Waals surface area contributed by atoms with Crippen molar-refractivity contribution in [3.8, 4) is 0 Å². The Bertz CT molecular complexity index is 1460. The lowest BCUT2D eigenvalue weighted by molar-refractivity contribution is -0.385. The van der Waals surface area contributed by atoms with Gasteiger partial charge in [-0.3, -0.25) is 20.2 Å². The van der Waals surface area contributed by atoms with Crippen LogP contribution in [0.2, 0.25) is 15.5 Å². The average Bonchev–Trinajstić information content (AvgIpc) is 2.96. The molecule has 4 rings (SSSR count). The third-order valence-electron chi connectivity index (χ3n) is 6.71. The van der Waals surface area contributed by atoms with Crippen molar-refractivity contribution in [2.24, 2.45) is 5.73 Å². The van der Waals surface area contributed by atoms with Crippen molar-refractivity contribution >= 4 is 64.2 Å². The van der Waals surface area contributed by atoms with E-state index in [2.05, 4.69) is 15.3 Å². The number of carbonyl (C=O) groups excluding carboxylic acids is 2. The average molecular weight is 750 g/mol. The van der Waals surface area contributed by atoms with Crippen LogP contribution in [0.15, 0.2) is 24.3 Å². The van der Waals surface area contributed by atoms with Crippen LogP contribution in [0.4, 0.5) is 26.8 Å². The fourth-order valence-electron chi connectivity index (χ4n) is 4.36. The molecule has 0 saturated carbocycles. The van der Waals surface area contributed by atoms with E-state index in [1.54, 1.807) is 9.80 Å². The molecule has 16 nitrogen and oxygen atoms in total. The molecule has 2 aromatic rings. The zero-order valence-corrected chi connectivity index (χ0v) is 30.5. The van der Waals surface area contributed by atoms with Crippen LogP contribution >= 0.6 is 34.8 Å². The molecule has 0 unspecified atom stereocenters. The number of ether oxygens (including phenoxy) is 2. The maximum atomic E-state index is 12.0. The summed E-state index contributed by atoms with van der Waals surface area (Å²) in [6.07, 6.45) is 2.48. The summed E-state index contributed by atoms with van der Waals surface area (Å²) in [5, 5.41) is 24.4. The van der Waals surface area contributed by atoms with Crippen molar-refractivity contribution in [3.05, 3.63) is 60.0 Å². The minimum absolute atomic E-state index is 0.0200. The van der Waals surface area contributed by atoms with Crippen LogP contribution in [0, 0.1) is 20.2 Å². The molecule has 49 heavy (non-hydrogen) atoms. The molecule has 2 aliphatic rings. The van der Waals surface area contributed by atoms with Gasteiger partial charge in [-0.05, 0) is 79.4 Å².